The molecule has 0 spiro atoms. The Morgan fingerprint density at radius 1 is 1.22 bits per heavy atom. The molecule has 0 bridgehead atoms. The number of nitrogens with one attached hydrogen (secondary N) is 1. The van der Waals surface area contributed by atoms with Crippen LogP contribution in [0.4, 0.5) is 11.6 Å². The van der Waals surface area contributed by atoms with Gasteiger partial charge < -0.3 is 31.6 Å². The molecule has 2 heterocycles. The van der Waals surface area contributed by atoms with Gasteiger partial charge in [-0.3, -0.25) is 0 Å². The Hall–Kier alpha value is -3.30. The van der Waals surface area contributed by atoms with Crippen molar-refractivity contribution in [2.75, 3.05) is 30.4 Å². The van der Waals surface area contributed by atoms with Crippen LogP contribution in [0.15, 0.2) is 41.5 Å². The second-order valence-corrected chi connectivity index (χ2v) is 8.09. The maximum absolute atomic E-state index is 9.86. The Kier molecular flexibility index (Phi) is 6.48. The third-order valence-corrected chi connectivity index (χ3v) is 5.93. The van der Waals surface area contributed by atoms with Gasteiger partial charge in [0.15, 0.2) is 11.6 Å². The zero-order valence-corrected chi connectivity index (χ0v) is 18.5. The largest absolute Gasteiger partial charge is 0.495 e. The number of halogens is 1. The van der Waals surface area contributed by atoms with E-state index in [9.17, 15) is 5.11 Å². The van der Waals surface area contributed by atoms with Crippen LogP contribution in [0.1, 0.15) is 24.0 Å². The van der Waals surface area contributed by atoms with Gasteiger partial charge in [-0.25, -0.2) is 0 Å². The molecular formula is C22H26ClN7O2. The first-order valence-corrected chi connectivity index (χ1v) is 10.7. The van der Waals surface area contributed by atoms with Gasteiger partial charge in [0.2, 0.25) is 0 Å². The summed E-state index contributed by atoms with van der Waals surface area (Å²) in [6, 6.07) is 11.3. The van der Waals surface area contributed by atoms with Gasteiger partial charge in [-0.15, -0.1) is 10.2 Å². The summed E-state index contributed by atoms with van der Waals surface area (Å²) in [4.78, 5) is 2.15. The van der Waals surface area contributed by atoms with E-state index < -0.39 is 0 Å². The van der Waals surface area contributed by atoms with Crippen molar-refractivity contribution in [3.05, 3.63) is 52.5 Å². The van der Waals surface area contributed by atoms with E-state index >= 15 is 0 Å². The maximum Gasteiger partial charge on any atom is 0.159 e. The predicted molar refractivity (Wildman–Crippen MR) is 127 cm³/mol. The van der Waals surface area contributed by atoms with E-state index in [1.165, 1.54) is 0 Å². The van der Waals surface area contributed by atoms with Gasteiger partial charge in [-0.2, -0.15) is 5.10 Å². The second-order valence-electron chi connectivity index (χ2n) is 7.69. The zero-order chi connectivity index (χ0) is 22.7. The van der Waals surface area contributed by atoms with E-state index in [0.717, 1.165) is 35.2 Å². The first-order valence-electron chi connectivity index (χ1n) is 10.3. The van der Waals surface area contributed by atoms with Crippen LogP contribution in [0.2, 0.25) is 5.02 Å². The first kappa shape index (κ1) is 21.9. The minimum Gasteiger partial charge on any atom is -0.495 e. The molecule has 0 radical (unpaired) electrons. The Bertz CT molecular complexity index is 1150. The standard InChI is InChI=1S/C22H26ClN7O2/c1-32-19-5-2-13(10-18(19)23)12-26-21-17-11-14(20(24)27-25)3-4-16(17)22(29-28-21)30-8-6-15(31)7-9-30/h2-5,10-11,15,31H,6-9,12,25H2,1H3,(H2,24,27)(H,26,28). The summed E-state index contributed by atoms with van der Waals surface area (Å²) in [5.74, 6) is 7.63. The van der Waals surface area contributed by atoms with E-state index in [4.69, 9.17) is 27.9 Å². The van der Waals surface area contributed by atoms with Gasteiger partial charge in [0.1, 0.15) is 11.6 Å². The number of hydrazone groups is 1. The number of hydrogen-bond acceptors (Lipinski definition) is 8. The normalized spacial score (nSPS) is 15.2. The topological polar surface area (TPSA) is 135 Å². The molecule has 0 atom stereocenters. The minimum atomic E-state index is -0.269. The molecular weight excluding hydrogens is 430 g/mol. The third-order valence-electron chi connectivity index (χ3n) is 5.64. The van der Waals surface area contributed by atoms with Gasteiger partial charge in [0.05, 0.1) is 18.2 Å². The number of anilines is 2. The molecule has 3 aromatic rings. The van der Waals surface area contributed by atoms with Crippen LogP contribution < -0.4 is 26.5 Å². The highest BCUT2D eigenvalue weighted by atomic mass is 35.5. The molecule has 10 heteroatoms. The number of amidine groups is 1. The lowest BCUT2D eigenvalue weighted by Gasteiger charge is -2.31. The zero-order valence-electron chi connectivity index (χ0n) is 17.8. The van der Waals surface area contributed by atoms with Crippen molar-refractivity contribution in [1.82, 2.24) is 10.2 Å². The highest BCUT2D eigenvalue weighted by Gasteiger charge is 2.21. The lowest BCUT2D eigenvalue weighted by atomic mass is 10.0. The quantitative estimate of drug-likeness (QED) is 0.192. The molecule has 1 aliphatic heterocycles. The lowest BCUT2D eigenvalue weighted by Crippen LogP contribution is -2.36. The summed E-state index contributed by atoms with van der Waals surface area (Å²) in [6.07, 6.45) is 1.13. The van der Waals surface area contributed by atoms with Crippen LogP contribution in [0.3, 0.4) is 0 Å². The molecule has 1 aliphatic rings. The number of aliphatic hydroxyl groups excluding tert-OH is 1. The molecule has 0 unspecified atom stereocenters. The van der Waals surface area contributed by atoms with Crippen LogP contribution in [0.5, 0.6) is 5.75 Å². The molecule has 168 valence electrons. The van der Waals surface area contributed by atoms with Crippen LogP contribution >= 0.6 is 11.6 Å². The number of aromatic nitrogens is 2. The highest BCUT2D eigenvalue weighted by molar-refractivity contribution is 6.32. The SMILES string of the molecule is COc1ccc(CNc2nnc(N3CCC(O)CC3)c3ccc(/C(N)=N/N)cc23)cc1Cl. The van der Waals surface area contributed by atoms with Crippen molar-refractivity contribution in [1.29, 1.82) is 0 Å². The average molecular weight is 456 g/mol. The Labute approximate surface area is 191 Å². The number of rotatable bonds is 6. The fourth-order valence-electron chi connectivity index (χ4n) is 3.82. The van der Waals surface area contributed by atoms with E-state index in [2.05, 4.69) is 25.5 Å². The van der Waals surface area contributed by atoms with E-state index in [1.54, 1.807) is 7.11 Å². The van der Waals surface area contributed by atoms with Crippen molar-refractivity contribution in [3.63, 3.8) is 0 Å². The number of fused-ring (bicyclic) bond motifs is 1. The number of piperidine rings is 1. The van der Waals surface area contributed by atoms with Gasteiger partial charge in [-0.1, -0.05) is 23.7 Å². The van der Waals surface area contributed by atoms with Crippen molar-refractivity contribution in [2.24, 2.45) is 16.7 Å². The average Bonchev–Trinajstić information content (AvgIpc) is 2.82. The van der Waals surface area contributed by atoms with Gasteiger partial charge in [0, 0.05) is 36.0 Å². The third kappa shape index (κ3) is 4.49. The van der Waals surface area contributed by atoms with Crippen LogP contribution in [-0.4, -0.2) is 47.4 Å². The number of benzene rings is 2. The summed E-state index contributed by atoms with van der Waals surface area (Å²) in [7, 11) is 1.58. The highest BCUT2D eigenvalue weighted by Crippen LogP contribution is 2.32. The summed E-state index contributed by atoms with van der Waals surface area (Å²) in [5.41, 5.74) is 7.61. The van der Waals surface area contributed by atoms with Crippen LogP contribution in [0.25, 0.3) is 10.8 Å². The number of nitrogens with zero attached hydrogens (tertiary/aromatic N) is 4. The van der Waals surface area contributed by atoms with Gasteiger partial charge in [0.25, 0.3) is 0 Å². The molecule has 1 saturated heterocycles. The predicted octanol–water partition coefficient (Wildman–Crippen LogP) is 2.44. The molecule has 0 amide bonds. The van der Waals surface area contributed by atoms with Crippen LogP contribution in [-0.2, 0) is 6.54 Å². The second kappa shape index (κ2) is 9.46. The Morgan fingerprint density at radius 2 is 2.00 bits per heavy atom. The summed E-state index contributed by atoms with van der Waals surface area (Å²) in [5, 5.41) is 28.1. The smallest absolute Gasteiger partial charge is 0.159 e. The molecule has 0 aliphatic carbocycles. The molecule has 4 rings (SSSR count). The van der Waals surface area contributed by atoms with Crippen molar-refractivity contribution >= 4 is 39.8 Å². The van der Waals surface area contributed by atoms with Gasteiger partial charge >= 0.3 is 0 Å². The van der Waals surface area contributed by atoms with Crippen molar-refractivity contribution in [2.45, 2.75) is 25.5 Å². The number of aliphatic hydroxyl groups is 1. The van der Waals surface area contributed by atoms with E-state index in [1.807, 2.05) is 36.4 Å². The maximum atomic E-state index is 9.86. The number of methoxy groups -OCH3 is 1. The summed E-state index contributed by atoms with van der Waals surface area (Å²) in [6.45, 7) is 1.93. The first-order chi connectivity index (χ1) is 15.5. The molecule has 0 saturated carbocycles. The number of nitrogens with two attached hydrogens (primary N) is 2. The minimum absolute atomic E-state index is 0.235. The Balaban J connectivity index is 1.69. The lowest BCUT2D eigenvalue weighted by molar-refractivity contribution is 0.145. The fourth-order valence-corrected chi connectivity index (χ4v) is 4.10. The molecule has 9 nitrogen and oxygen atoms in total. The number of ether oxygens (including phenoxy) is 1. The monoisotopic (exact) mass is 455 g/mol. The number of hydrogen-bond donors (Lipinski definition) is 4. The Morgan fingerprint density at radius 3 is 2.69 bits per heavy atom. The molecule has 2 aromatic carbocycles. The van der Waals surface area contributed by atoms with Crippen molar-refractivity contribution in [3.8, 4) is 5.75 Å². The van der Waals surface area contributed by atoms with E-state index in [0.29, 0.717) is 41.5 Å². The van der Waals surface area contributed by atoms with Gasteiger partial charge in [-0.05, 0) is 42.7 Å². The fraction of sp³-hybridized carbons (Fsp3) is 0.318. The molecule has 1 fully saturated rings. The van der Waals surface area contributed by atoms with Crippen molar-refractivity contribution < 1.29 is 9.84 Å². The summed E-state index contributed by atoms with van der Waals surface area (Å²) >= 11 is 6.25. The van der Waals surface area contributed by atoms with Crippen LogP contribution in [0, 0.1) is 0 Å². The molecule has 32 heavy (non-hydrogen) atoms. The molecule has 1 aromatic heterocycles. The van der Waals surface area contributed by atoms with E-state index in [-0.39, 0.29) is 11.9 Å². The molecule has 6 N–H and O–H groups in total. The summed E-state index contributed by atoms with van der Waals surface area (Å²) < 4.78 is 5.22.